The summed E-state index contributed by atoms with van der Waals surface area (Å²) in [5, 5.41) is 4.18. The lowest BCUT2D eigenvalue weighted by atomic mass is 9.98. The fourth-order valence-electron chi connectivity index (χ4n) is 3.82. The Morgan fingerprint density at radius 3 is 2.83 bits per heavy atom. The molecule has 24 heavy (non-hydrogen) atoms. The van der Waals surface area contributed by atoms with Crippen LogP contribution in [0.3, 0.4) is 0 Å². The van der Waals surface area contributed by atoms with E-state index in [4.69, 9.17) is 4.74 Å². The summed E-state index contributed by atoms with van der Waals surface area (Å²) in [6.45, 7) is 8.52. The second-order valence-electron chi connectivity index (χ2n) is 6.64. The minimum atomic E-state index is 0.399. The zero-order valence-corrected chi connectivity index (χ0v) is 14.2. The predicted molar refractivity (Wildman–Crippen MR) is 92.0 cm³/mol. The van der Waals surface area contributed by atoms with Gasteiger partial charge in [-0.25, -0.2) is 9.67 Å². The van der Waals surface area contributed by atoms with Crippen LogP contribution in [0.1, 0.15) is 18.9 Å². The fourth-order valence-corrected chi connectivity index (χ4v) is 3.82. The van der Waals surface area contributed by atoms with Crippen molar-refractivity contribution in [3.05, 3.63) is 42.5 Å². The lowest BCUT2D eigenvalue weighted by Crippen LogP contribution is -2.59. The van der Waals surface area contributed by atoms with Crippen LogP contribution in [0.2, 0.25) is 0 Å². The molecule has 1 aromatic carbocycles. The van der Waals surface area contributed by atoms with Gasteiger partial charge >= 0.3 is 0 Å². The van der Waals surface area contributed by atoms with Gasteiger partial charge in [0.2, 0.25) is 0 Å². The van der Waals surface area contributed by atoms with Crippen molar-refractivity contribution in [2.75, 3.05) is 32.8 Å². The molecule has 128 valence electrons. The van der Waals surface area contributed by atoms with Gasteiger partial charge in [-0.05, 0) is 30.7 Å². The molecule has 2 aromatic rings. The fraction of sp³-hybridized carbons (Fsp3) is 0.556. The molecule has 6 nitrogen and oxygen atoms in total. The van der Waals surface area contributed by atoms with Crippen LogP contribution in [0, 0.1) is 0 Å². The van der Waals surface area contributed by atoms with Crippen molar-refractivity contribution in [2.45, 2.75) is 32.0 Å². The maximum Gasteiger partial charge on any atom is 0.138 e. The third-order valence-corrected chi connectivity index (χ3v) is 5.24. The van der Waals surface area contributed by atoms with E-state index >= 15 is 0 Å². The number of likely N-dealkylation sites (tertiary alicyclic amines) is 1. The Hall–Kier alpha value is -1.76. The minimum Gasteiger partial charge on any atom is -0.375 e. The first-order chi connectivity index (χ1) is 11.8. The van der Waals surface area contributed by atoms with Crippen LogP contribution < -0.4 is 0 Å². The molecule has 6 heteroatoms. The smallest absolute Gasteiger partial charge is 0.138 e. The molecule has 2 atom stereocenters. The van der Waals surface area contributed by atoms with Crippen LogP contribution >= 0.6 is 0 Å². The molecule has 2 saturated heterocycles. The summed E-state index contributed by atoms with van der Waals surface area (Å²) >= 11 is 0. The van der Waals surface area contributed by atoms with Crippen molar-refractivity contribution >= 4 is 0 Å². The number of piperidine rings is 1. The van der Waals surface area contributed by atoms with Crippen molar-refractivity contribution in [3.63, 3.8) is 0 Å². The second kappa shape index (κ2) is 7.01. The van der Waals surface area contributed by atoms with E-state index in [1.165, 1.54) is 5.56 Å². The molecule has 0 bridgehead atoms. The monoisotopic (exact) mass is 327 g/mol. The van der Waals surface area contributed by atoms with Crippen molar-refractivity contribution in [3.8, 4) is 5.69 Å². The van der Waals surface area contributed by atoms with Crippen LogP contribution in [0.15, 0.2) is 36.9 Å². The third-order valence-electron chi connectivity index (χ3n) is 5.24. The van der Waals surface area contributed by atoms with E-state index in [0.717, 1.165) is 51.4 Å². The number of benzene rings is 1. The van der Waals surface area contributed by atoms with Gasteiger partial charge in [0.25, 0.3) is 0 Å². The molecule has 2 fully saturated rings. The van der Waals surface area contributed by atoms with Gasteiger partial charge in [-0.3, -0.25) is 4.90 Å². The number of rotatable bonds is 4. The summed E-state index contributed by atoms with van der Waals surface area (Å²) < 4.78 is 7.81. The highest BCUT2D eigenvalue weighted by atomic mass is 16.5. The van der Waals surface area contributed by atoms with E-state index in [1.54, 1.807) is 17.3 Å². The van der Waals surface area contributed by atoms with E-state index in [1.807, 2.05) is 0 Å². The van der Waals surface area contributed by atoms with Gasteiger partial charge in [-0.1, -0.05) is 19.1 Å². The molecule has 0 saturated carbocycles. The van der Waals surface area contributed by atoms with Crippen LogP contribution in [-0.2, 0) is 11.3 Å². The molecule has 2 aliphatic heterocycles. The van der Waals surface area contributed by atoms with Crippen molar-refractivity contribution < 1.29 is 4.74 Å². The summed E-state index contributed by atoms with van der Waals surface area (Å²) in [5.74, 6) is 0. The van der Waals surface area contributed by atoms with Crippen LogP contribution in [-0.4, -0.2) is 69.5 Å². The Morgan fingerprint density at radius 2 is 2.08 bits per heavy atom. The normalized spacial score (nSPS) is 25.5. The first-order valence-electron chi connectivity index (χ1n) is 8.85. The van der Waals surface area contributed by atoms with Gasteiger partial charge < -0.3 is 9.64 Å². The van der Waals surface area contributed by atoms with E-state index < -0.39 is 0 Å². The highest BCUT2D eigenvalue weighted by Gasteiger charge is 2.36. The Morgan fingerprint density at radius 1 is 1.21 bits per heavy atom. The zero-order chi connectivity index (χ0) is 16.4. The molecule has 0 amide bonds. The molecule has 4 rings (SSSR count). The summed E-state index contributed by atoms with van der Waals surface area (Å²) in [5.41, 5.74) is 2.39. The van der Waals surface area contributed by atoms with Gasteiger partial charge in [-0.2, -0.15) is 5.10 Å². The van der Waals surface area contributed by atoms with Crippen LogP contribution in [0.4, 0.5) is 0 Å². The van der Waals surface area contributed by atoms with Gasteiger partial charge in [-0.15, -0.1) is 0 Å². The zero-order valence-electron chi connectivity index (χ0n) is 14.2. The number of morpholine rings is 1. The molecule has 2 aliphatic rings. The Bertz CT molecular complexity index is 642. The van der Waals surface area contributed by atoms with Crippen molar-refractivity contribution in [2.24, 2.45) is 0 Å². The molecular weight excluding hydrogens is 302 g/mol. The average Bonchev–Trinajstić information content (AvgIpc) is 3.17. The van der Waals surface area contributed by atoms with E-state index in [9.17, 15) is 0 Å². The Kier molecular flexibility index (Phi) is 4.60. The lowest BCUT2D eigenvalue weighted by molar-refractivity contribution is -0.105. The number of hydrogen-bond acceptors (Lipinski definition) is 5. The number of fused-ring (bicyclic) bond motifs is 1. The molecule has 0 aliphatic carbocycles. The van der Waals surface area contributed by atoms with Crippen molar-refractivity contribution in [1.82, 2.24) is 24.6 Å². The lowest BCUT2D eigenvalue weighted by Gasteiger charge is -2.47. The van der Waals surface area contributed by atoms with Crippen LogP contribution in [0.5, 0.6) is 0 Å². The maximum atomic E-state index is 6.02. The highest BCUT2D eigenvalue weighted by Crippen LogP contribution is 2.24. The van der Waals surface area contributed by atoms with Gasteiger partial charge in [0.1, 0.15) is 12.7 Å². The van der Waals surface area contributed by atoms with Gasteiger partial charge in [0.15, 0.2) is 0 Å². The first-order valence-corrected chi connectivity index (χ1v) is 8.85. The molecule has 0 N–H and O–H groups in total. The SMILES string of the molecule is CCN1CC[C@H]2OCCN(Cc3ccc(-n4cncn4)cc3)[C@H]2C1. The summed E-state index contributed by atoms with van der Waals surface area (Å²) in [6.07, 6.45) is 4.84. The Labute approximate surface area is 143 Å². The van der Waals surface area contributed by atoms with Gasteiger partial charge in [0, 0.05) is 32.2 Å². The summed E-state index contributed by atoms with van der Waals surface area (Å²) in [6, 6.07) is 9.13. The molecule has 0 radical (unpaired) electrons. The topological polar surface area (TPSA) is 46.4 Å². The predicted octanol–water partition coefficient (Wildman–Crippen LogP) is 1.56. The number of likely N-dealkylation sites (N-methyl/N-ethyl adjacent to an activating group) is 1. The molecule has 0 unspecified atom stereocenters. The maximum absolute atomic E-state index is 6.02. The molecule has 3 heterocycles. The van der Waals surface area contributed by atoms with E-state index in [-0.39, 0.29) is 0 Å². The first kappa shape index (κ1) is 15.7. The summed E-state index contributed by atoms with van der Waals surface area (Å²) in [7, 11) is 0. The number of hydrogen-bond donors (Lipinski definition) is 0. The van der Waals surface area contributed by atoms with Crippen LogP contribution in [0.25, 0.3) is 5.69 Å². The molecule has 1 aromatic heterocycles. The number of nitrogens with zero attached hydrogens (tertiary/aromatic N) is 5. The number of aromatic nitrogens is 3. The largest absolute Gasteiger partial charge is 0.375 e. The summed E-state index contributed by atoms with van der Waals surface area (Å²) in [4.78, 5) is 9.14. The number of ether oxygens (including phenoxy) is 1. The van der Waals surface area contributed by atoms with Gasteiger partial charge in [0.05, 0.1) is 18.4 Å². The Balaban J connectivity index is 1.45. The highest BCUT2D eigenvalue weighted by molar-refractivity contribution is 5.33. The van der Waals surface area contributed by atoms with E-state index in [2.05, 4.69) is 51.1 Å². The van der Waals surface area contributed by atoms with Crippen molar-refractivity contribution in [1.29, 1.82) is 0 Å². The second-order valence-corrected chi connectivity index (χ2v) is 6.64. The van der Waals surface area contributed by atoms with E-state index in [0.29, 0.717) is 12.1 Å². The average molecular weight is 327 g/mol. The standard InChI is InChI=1S/C18H25N5O/c1-2-21-8-7-18-17(12-21)22(9-10-24-18)11-15-3-5-16(6-4-15)23-14-19-13-20-23/h3-6,13-14,17-18H,2,7-12H2,1H3/t17-,18+/m0/s1. The minimum absolute atomic E-state index is 0.399. The molecule has 0 spiro atoms. The quantitative estimate of drug-likeness (QED) is 0.853. The third kappa shape index (κ3) is 3.22. The molecular formula is C18H25N5O.